The normalized spacial score (nSPS) is 13.2. The van der Waals surface area contributed by atoms with E-state index < -0.39 is 15.8 Å². The van der Waals surface area contributed by atoms with Gasteiger partial charge in [-0.2, -0.15) is 5.10 Å². The Hall–Kier alpha value is -4.06. The summed E-state index contributed by atoms with van der Waals surface area (Å²) in [5.41, 5.74) is 1.86. The lowest BCUT2D eigenvalue weighted by Gasteiger charge is -2.21. The van der Waals surface area contributed by atoms with E-state index in [1.807, 2.05) is 13.0 Å². The van der Waals surface area contributed by atoms with Crippen LogP contribution in [0, 0.1) is 5.82 Å². The molecule has 10 nitrogen and oxygen atoms in total. The van der Waals surface area contributed by atoms with Gasteiger partial charge in [-0.15, -0.1) is 0 Å². The van der Waals surface area contributed by atoms with Gasteiger partial charge in [0.1, 0.15) is 17.7 Å². The second kappa shape index (κ2) is 8.62. The van der Waals surface area contributed by atoms with Crippen LogP contribution < -0.4 is 18.9 Å². The van der Waals surface area contributed by atoms with Crippen molar-refractivity contribution in [1.29, 1.82) is 0 Å². The summed E-state index contributed by atoms with van der Waals surface area (Å²) in [6.45, 7) is 2.18. The Labute approximate surface area is 199 Å². The molecule has 12 heteroatoms. The lowest BCUT2D eigenvalue weighted by molar-refractivity contribution is 0.336. The minimum atomic E-state index is -4.31. The maximum atomic E-state index is 15.3. The molecule has 1 aliphatic heterocycles. The van der Waals surface area contributed by atoms with Crippen molar-refractivity contribution in [3.63, 3.8) is 0 Å². The predicted molar refractivity (Wildman–Crippen MR) is 125 cm³/mol. The molecule has 5 rings (SSSR count). The molecule has 0 unspecified atom stereocenters. The van der Waals surface area contributed by atoms with Crippen molar-refractivity contribution >= 4 is 32.4 Å². The molecule has 0 radical (unpaired) electrons. The number of hydrogen-bond donors (Lipinski definition) is 1. The summed E-state index contributed by atoms with van der Waals surface area (Å²) in [4.78, 5) is -0.198. The van der Waals surface area contributed by atoms with Crippen molar-refractivity contribution in [2.75, 3.05) is 25.5 Å². The number of nitrogens with zero attached hydrogens (tertiary/aromatic N) is 3. The van der Waals surface area contributed by atoms with Gasteiger partial charge in [0.2, 0.25) is 0 Å². The van der Waals surface area contributed by atoms with Gasteiger partial charge in [-0.1, -0.05) is 5.16 Å². The quantitative estimate of drug-likeness (QED) is 0.407. The fourth-order valence-corrected chi connectivity index (χ4v) is 5.32. The van der Waals surface area contributed by atoms with Gasteiger partial charge < -0.3 is 18.7 Å². The number of sulfonamides is 1. The van der Waals surface area contributed by atoms with E-state index in [-0.39, 0.29) is 57.6 Å². The molecule has 1 N–H and O–H groups in total. The van der Waals surface area contributed by atoms with Crippen molar-refractivity contribution in [2.24, 2.45) is 0 Å². The van der Waals surface area contributed by atoms with E-state index in [1.165, 1.54) is 25.0 Å². The van der Waals surface area contributed by atoms with Crippen molar-refractivity contribution < 1.29 is 31.5 Å². The molecule has 2 aromatic carbocycles. The van der Waals surface area contributed by atoms with Crippen LogP contribution in [-0.2, 0) is 16.6 Å². The summed E-state index contributed by atoms with van der Waals surface area (Å²) in [7, 11) is -1.68. The third kappa shape index (κ3) is 3.85. The third-order valence-electron chi connectivity index (χ3n) is 5.67. The first kappa shape index (κ1) is 22.7. The number of anilines is 1. The van der Waals surface area contributed by atoms with Crippen molar-refractivity contribution in [3.8, 4) is 17.2 Å². The highest BCUT2D eigenvalue weighted by Gasteiger charge is 2.32. The molecule has 0 saturated carbocycles. The van der Waals surface area contributed by atoms with Crippen LogP contribution in [-0.4, -0.2) is 44.2 Å². The van der Waals surface area contributed by atoms with Crippen LogP contribution >= 0.6 is 0 Å². The van der Waals surface area contributed by atoms with Gasteiger partial charge in [0.15, 0.2) is 33.6 Å². The fourth-order valence-electron chi connectivity index (χ4n) is 3.99. The maximum absolute atomic E-state index is 15.3. The molecule has 0 spiro atoms. The highest BCUT2D eigenvalue weighted by Crippen LogP contribution is 2.43. The highest BCUT2D eigenvalue weighted by molar-refractivity contribution is 7.93. The van der Waals surface area contributed by atoms with Gasteiger partial charge in [0.25, 0.3) is 10.0 Å². The van der Waals surface area contributed by atoms with Crippen LogP contribution in [0.3, 0.4) is 0 Å². The zero-order valence-corrected chi connectivity index (χ0v) is 19.8. The van der Waals surface area contributed by atoms with Crippen molar-refractivity contribution in [2.45, 2.75) is 18.4 Å². The van der Waals surface area contributed by atoms with Crippen LogP contribution in [0.15, 0.2) is 52.2 Å². The van der Waals surface area contributed by atoms with E-state index in [4.69, 9.17) is 18.7 Å². The molecule has 0 aliphatic carbocycles. The number of benzene rings is 2. The molecular formula is C23H21FN4O6S. The Kier molecular flexibility index (Phi) is 5.59. The Bertz CT molecular complexity index is 1560. The minimum Gasteiger partial charge on any atom is -0.495 e. The smallest absolute Gasteiger partial charge is 0.270 e. The Morgan fingerprint density at radius 3 is 2.80 bits per heavy atom. The minimum absolute atomic E-state index is 0.0403. The first-order chi connectivity index (χ1) is 16.8. The summed E-state index contributed by atoms with van der Waals surface area (Å²) >= 11 is 0. The molecule has 35 heavy (non-hydrogen) atoms. The summed E-state index contributed by atoms with van der Waals surface area (Å²) in [6.07, 6.45) is 5.10. The van der Waals surface area contributed by atoms with E-state index in [0.717, 1.165) is 5.57 Å². The van der Waals surface area contributed by atoms with E-state index in [1.54, 1.807) is 30.6 Å². The molecule has 0 atom stereocenters. The number of aromatic nitrogens is 3. The number of ether oxygens (including phenoxy) is 3. The van der Waals surface area contributed by atoms with Gasteiger partial charge >= 0.3 is 0 Å². The van der Waals surface area contributed by atoms with Gasteiger partial charge in [0, 0.05) is 23.5 Å². The molecule has 3 heterocycles. The molecule has 2 aromatic heterocycles. The van der Waals surface area contributed by atoms with Gasteiger partial charge in [-0.3, -0.25) is 9.40 Å². The largest absolute Gasteiger partial charge is 0.495 e. The zero-order chi connectivity index (χ0) is 24.7. The molecule has 0 bridgehead atoms. The van der Waals surface area contributed by atoms with E-state index in [9.17, 15) is 8.42 Å². The van der Waals surface area contributed by atoms with Gasteiger partial charge in [0.05, 0.1) is 20.8 Å². The topological polar surface area (TPSA) is 118 Å². The highest BCUT2D eigenvalue weighted by atomic mass is 32.2. The molecule has 0 amide bonds. The average molecular weight is 501 g/mol. The number of nitrogens with one attached hydrogen (secondary N) is 1. The second-order valence-electron chi connectivity index (χ2n) is 7.77. The Morgan fingerprint density at radius 2 is 2.09 bits per heavy atom. The predicted octanol–water partition coefficient (Wildman–Crippen LogP) is 3.83. The van der Waals surface area contributed by atoms with Crippen LogP contribution in [0.4, 0.5) is 10.2 Å². The second-order valence-corrected chi connectivity index (χ2v) is 9.39. The SMILES string of the molecule is COc1ccc2c(c1S(=O)(=O)Nc1noc3cc(Cn4cccn4)c(F)c(OC)c13)OCC=C2C. The van der Waals surface area contributed by atoms with Crippen molar-refractivity contribution in [3.05, 3.63) is 59.7 Å². The van der Waals surface area contributed by atoms with E-state index >= 15 is 4.39 Å². The Balaban J connectivity index is 1.61. The van der Waals surface area contributed by atoms with E-state index in [2.05, 4.69) is 15.0 Å². The summed E-state index contributed by atoms with van der Waals surface area (Å²) < 4.78 is 68.0. The number of methoxy groups -OCH3 is 2. The molecule has 1 aliphatic rings. The summed E-state index contributed by atoms with van der Waals surface area (Å²) in [5, 5.41) is 7.97. The molecule has 0 fully saturated rings. The summed E-state index contributed by atoms with van der Waals surface area (Å²) in [6, 6.07) is 6.42. The van der Waals surface area contributed by atoms with E-state index in [0.29, 0.717) is 5.56 Å². The van der Waals surface area contributed by atoms with Crippen LogP contribution in [0.25, 0.3) is 16.5 Å². The number of allylic oxidation sites excluding steroid dienone is 1. The van der Waals surface area contributed by atoms with Crippen LogP contribution in [0.5, 0.6) is 17.2 Å². The summed E-state index contributed by atoms with van der Waals surface area (Å²) in [5.74, 6) is -0.884. The molecule has 182 valence electrons. The van der Waals surface area contributed by atoms with Crippen LogP contribution in [0.1, 0.15) is 18.1 Å². The molecule has 4 aromatic rings. The molecular weight excluding hydrogens is 479 g/mol. The third-order valence-corrected chi connectivity index (χ3v) is 7.05. The number of halogens is 1. The first-order valence-electron chi connectivity index (χ1n) is 10.5. The lowest BCUT2D eigenvalue weighted by atomic mass is 10.0. The number of rotatable bonds is 7. The van der Waals surface area contributed by atoms with Crippen LogP contribution in [0.2, 0.25) is 0 Å². The number of fused-ring (bicyclic) bond motifs is 2. The average Bonchev–Trinajstić information content (AvgIpc) is 3.49. The zero-order valence-electron chi connectivity index (χ0n) is 19.0. The van der Waals surface area contributed by atoms with Crippen molar-refractivity contribution in [1.82, 2.24) is 14.9 Å². The van der Waals surface area contributed by atoms with Gasteiger partial charge in [-0.25, -0.2) is 12.8 Å². The first-order valence-corrected chi connectivity index (χ1v) is 12.0. The number of hydrogen-bond acceptors (Lipinski definition) is 8. The Morgan fingerprint density at radius 1 is 1.26 bits per heavy atom. The van der Waals surface area contributed by atoms with Gasteiger partial charge in [-0.05, 0) is 42.8 Å². The lowest BCUT2D eigenvalue weighted by Crippen LogP contribution is -2.18. The monoisotopic (exact) mass is 500 g/mol. The fraction of sp³-hybridized carbons (Fsp3) is 0.217. The maximum Gasteiger partial charge on any atom is 0.270 e. The standard InChI is InChI=1S/C23H21FN4O6S/c1-13-7-10-33-20-15(13)5-6-16(31-2)22(20)35(29,30)27-23-18-17(34-26-23)11-14(19(24)21(18)32-3)12-28-9-4-8-25-28/h4-9,11H,10,12H2,1-3H3,(H,26,27). The molecule has 0 saturated heterocycles.